The van der Waals surface area contributed by atoms with E-state index < -0.39 is 12.1 Å². The van der Waals surface area contributed by atoms with Gasteiger partial charge in [-0.15, -0.1) is 13.2 Å². The highest BCUT2D eigenvalue weighted by Gasteiger charge is 2.31. The van der Waals surface area contributed by atoms with E-state index in [0.717, 1.165) is 6.07 Å². The third kappa shape index (κ3) is 4.86. The normalized spacial score (nSPS) is 11.3. The number of methoxy groups -OCH3 is 1. The molecule has 0 saturated heterocycles. The minimum Gasteiger partial charge on any atom is -0.406 e. The quantitative estimate of drug-likeness (QED) is 0.751. The molecule has 0 saturated carbocycles. The minimum atomic E-state index is -4.76. The topological polar surface area (TPSA) is 35.5 Å². The number of carbonyl (C=O) groups is 1. The molecule has 3 nitrogen and oxygen atoms in total. The predicted octanol–water partition coefficient (Wildman–Crippen LogP) is 2.59. The summed E-state index contributed by atoms with van der Waals surface area (Å²) in [5.41, 5.74) is 0.688. The number of halogens is 3. The maximum absolute atomic E-state index is 12.0. The zero-order valence-electron chi connectivity index (χ0n) is 9.08. The number of hydrogen-bond acceptors (Lipinski definition) is 3. The molecule has 0 aliphatic heterocycles. The van der Waals surface area contributed by atoms with Crippen LogP contribution in [0.25, 0.3) is 0 Å². The highest BCUT2D eigenvalue weighted by Crippen LogP contribution is 2.24. The van der Waals surface area contributed by atoms with Crippen molar-refractivity contribution in [3.63, 3.8) is 0 Å². The van der Waals surface area contributed by atoms with Crippen LogP contribution in [0.3, 0.4) is 0 Å². The van der Waals surface area contributed by atoms with E-state index in [-0.39, 0.29) is 5.56 Å². The van der Waals surface area contributed by atoms with Gasteiger partial charge in [-0.25, -0.2) is 0 Å². The van der Waals surface area contributed by atoms with Gasteiger partial charge in [-0.05, 0) is 30.2 Å². The fourth-order valence-corrected chi connectivity index (χ4v) is 1.31. The summed E-state index contributed by atoms with van der Waals surface area (Å²) < 4.78 is 44.7. The average molecular weight is 248 g/mol. The first-order chi connectivity index (χ1) is 7.94. The van der Waals surface area contributed by atoms with Gasteiger partial charge in [0.25, 0.3) is 0 Å². The van der Waals surface area contributed by atoms with Crippen LogP contribution in [0.4, 0.5) is 13.2 Å². The molecule has 0 aromatic heterocycles. The van der Waals surface area contributed by atoms with Gasteiger partial charge in [-0.1, -0.05) is 0 Å². The summed E-state index contributed by atoms with van der Waals surface area (Å²) in [6.07, 6.45) is -3.88. The van der Waals surface area contributed by atoms with Gasteiger partial charge in [0.05, 0.1) is 6.61 Å². The molecule has 94 valence electrons. The van der Waals surface area contributed by atoms with Crippen LogP contribution in [0.5, 0.6) is 5.75 Å². The van der Waals surface area contributed by atoms with Gasteiger partial charge in [-0.2, -0.15) is 0 Å². The maximum Gasteiger partial charge on any atom is 0.573 e. The largest absolute Gasteiger partial charge is 0.573 e. The number of rotatable bonds is 5. The molecular formula is C11H11F3O3. The van der Waals surface area contributed by atoms with Crippen molar-refractivity contribution in [3.8, 4) is 5.75 Å². The fraction of sp³-hybridized carbons (Fsp3) is 0.364. The Labute approximate surface area is 96.1 Å². The van der Waals surface area contributed by atoms with Crippen LogP contribution < -0.4 is 4.74 Å². The van der Waals surface area contributed by atoms with Crippen LogP contribution in [0.2, 0.25) is 0 Å². The van der Waals surface area contributed by atoms with Gasteiger partial charge in [0.2, 0.25) is 0 Å². The van der Waals surface area contributed by atoms with Crippen molar-refractivity contribution in [2.75, 3.05) is 13.7 Å². The first kappa shape index (κ1) is 13.5. The van der Waals surface area contributed by atoms with Gasteiger partial charge >= 0.3 is 6.36 Å². The Bertz CT molecular complexity index is 388. The molecule has 1 rings (SSSR count). The van der Waals surface area contributed by atoms with E-state index in [2.05, 4.69) is 4.74 Å². The summed E-state index contributed by atoms with van der Waals surface area (Å²) >= 11 is 0. The molecule has 17 heavy (non-hydrogen) atoms. The molecule has 0 aliphatic rings. The van der Waals surface area contributed by atoms with Gasteiger partial charge in [0, 0.05) is 12.7 Å². The van der Waals surface area contributed by atoms with E-state index in [1.165, 1.54) is 19.2 Å². The molecule has 6 heteroatoms. The van der Waals surface area contributed by atoms with Crippen molar-refractivity contribution in [2.24, 2.45) is 0 Å². The number of alkyl halides is 3. The summed E-state index contributed by atoms with van der Waals surface area (Å²) in [5, 5.41) is 0. The highest BCUT2D eigenvalue weighted by atomic mass is 19.4. The second kappa shape index (κ2) is 5.67. The minimum absolute atomic E-state index is 0.137. The molecule has 0 atom stereocenters. The van der Waals surface area contributed by atoms with Crippen molar-refractivity contribution >= 4 is 6.29 Å². The van der Waals surface area contributed by atoms with E-state index in [9.17, 15) is 18.0 Å². The Morgan fingerprint density at radius 1 is 1.29 bits per heavy atom. The number of ether oxygens (including phenoxy) is 2. The number of carbonyl (C=O) groups excluding carboxylic acids is 1. The van der Waals surface area contributed by atoms with Crippen LogP contribution in [0.1, 0.15) is 15.9 Å². The molecule has 0 heterocycles. The zero-order valence-corrected chi connectivity index (χ0v) is 9.08. The summed E-state index contributed by atoms with van der Waals surface area (Å²) in [5.74, 6) is -0.395. The Hall–Kier alpha value is -1.56. The number of hydrogen-bond donors (Lipinski definition) is 0. The van der Waals surface area contributed by atoms with E-state index >= 15 is 0 Å². The Kier molecular flexibility index (Phi) is 4.51. The molecule has 0 unspecified atom stereocenters. The van der Waals surface area contributed by atoms with Gasteiger partial charge in [0.1, 0.15) is 12.0 Å². The van der Waals surface area contributed by atoms with Crippen molar-refractivity contribution in [1.82, 2.24) is 0 Å². The second-order valence-electron chi connectivity index (χ2n) is 3.32. The lowest BCUT2D eigenvalue weighted by Gasteiger charge is -2.11. The van der Waals surface area contributed by atoms with Crippen LogP contribution in [-0.2, 0) is 11.2 Å². The zero-order chi connectivity index (χ0) is 12.9. The molecule has 0 radical (unpaired) electrons. The van der Waals surface area contributed by atoms with Crippen LogP contribution in [0.15, 0.2) is 18.2 Å². The lowest BCUT2D eigenvalue weighted by molar-refractivity contribution is -0.274. The predicted molar refractivity (Wildman–Crippen MR) is 54.1 cm³/mol. The van der Waals surface area contributed by atoms with Gasteiger partial charge in [0.15, 0.2) is 0 Å². The lowest BCUT2D eigenvalue weighted by Crippen LogP contribution is -2.17. The van der Waals surface area contributed by atoms with E-state index in [0.29, 0.717) is 24.9 Å². The van der Waals surface area contributed by atoms with Crippen LogP contribution in [0, 0.1) is 0 Å². The highest BCUT2D eigenvalue weighted by molar-refractivity contribution is 5.76. The van der Waals surface area contributed by atoms with Crippen LogP contribution in [-0.4, -0.2) is 26.4 Å². The third-order valence-electron chi connectivity index (χ3n) is 1.95. The van der Waals surface area contributed by atoms with Gasteiger partial charge in [-0.3, -0.25) is 4.79 Å². The molecule has 0 spiro atoms. The molecule has 1 aromatic carbocycles. The standard InChI is InChI=1S/C11H11F3O3/c1-16-3-2-8-4-9(7-15)6-10(5-8)17-11(12,13)14/h4-7H,2-3H2,1H3. The Balaban J connectivity index is 2.92. The SMILES string of the molecule is COCCc1cc(C=O)cc(OC(F)(F)F)c1. The average Bonchev–Trinajstić information content (AvgIpc) is 2.23. The Morgan fingerprint density at radius 2 is 2.00 bits per heavy atom. The van der Waals surface area contributed by atoms with E-state index in [1.54, 1.807) is 0 Å². The first-order valence-electron chi connectivity index (χ1n) is 4.78. The van der Waals surface area contributed by atoms with Crippen molar-refractivity contribution in [2.45, 2.75) is 12.8 Å². The molecular weight excluding hydrogens is 237 g/mol. The van der Waals surface area contributed by atoms with Crippen LogP contribution >= 0.6 is 0 Å². The number of aldehydes is 1. The van der Waals surface area contributed by atoms with E-state index in [1.807, 2.05) is 0 Å². The van der Waals surface area contributed by atoms with Crippen molar-refractivity contribution in [1.29, 1.82) is 0 Å². The summed E-state index contributed by atoms with van der Waals surface area (Å²) in [6, 6.07) is 3.77. The molecule has 0 N–H and O–H groups in total. The van der Waals surface area contributed by atoms with Crippen molar-refractivity contribution in [3.05, 3.63) is 29.3 Å². The molecule has 1 aromatic rings. The van der Waals surface area contributed by atoms with Gasteiger partial charge < -0.3 is 9.47 Å². The van der Waals surface area contributed by atoms with Crippen molar-refractivity contribution < 1.29 is 27.4 Å². The molecule has 0 fully saturated rings. The second-order valence-corrected chi connectivity index (χ2v) is 3.32. The molecule has 0 amide bonds. The van der Waals surface area contributed by atoms with E-state index in [4.69, 9.17) is 4.74 Å². The fourth-order valence-electron chi connectivity index (χ4n) is 1.31. The lowest BCUT2D eigenvalue weighted by atomic mass is 10.1. The summed E-state index contributed by atoms with van der Waals surface area (Å²) in [7, 11) is 1.48. The first-order valence-corrected chi connectivity index (χ1v) is 4.78. The molecule has 0 aliphatic carbocycles. The monoisotopic (exact) mass is 248 g/mol. The summed E-state index contributed by atoms with van der Waals surface area (Å²) in [6.45, 7) is 0.355. The smallest absolute Gasteiger partial charge is 0.406 e. The maximum atomic E-state index is 12.0. The summed E-state index contributed by atoms with van der Waals surface area (Å²) in [4.78, 5) is 10.6. The number of benzene rings is 1. The molecule has 0 bridgehead atoms. The third-order valence-corrected chi connectivity index (χ3v) is 1.95. The Morgan fingerprint density at radius 3 is 2.53 bits per heavy atom.